The Hall–Kier alpha value is -1.91. The van der Waals surface area contributed by atoms with Crippen molar-refractivity contribution in [3.63, 3.8) is 0 Å². The maximum Gasteiger partial charge on any atom is 0.339 e. The number of aromatic nitrogens is 1. The standard InChI is InChI=1S/C12H16N2O3/c1-8(2)5-6-10(15)14-11-9(12(16)17)4-3-7-13-11/h3-4,7-8H,5-6H2,1-2H3,(H,16,17)(H,13,14,15). The first kappa shape index (κ1) is 13.2. The average Bonchev–Trinajstić information content (AvgIpc) is 2.27. The number of pyridine rings is 1. The fourth-order valence-corrected chi connectivity index (χ4v) is 1.29. The third kappa shape index (κ3) is 4.22. The van der Waals surface area contributed by atoms with Gasteiger partial charge < -0.3 is 10.4 Å². The van der Waals surface area contributed by atoms with Gasteiger partial charge in [0.1, 0.15) is 11.4 Å². The summed E-state index contributed by atoms with van der Waals surface area (Å²) >= 11 is 0. The normalized spacial score (nSPS) is 10.3. The van der Waals surface area contributed by atoms with Gasteiger partial charge in [0.15, 0.2) is 0 Å². The van der Waals surface area contributed by atoms with E-state index in [-0.39, 0.29) is 17.3 Å². The van der Waals surface area contributed by atoms with Crippen LogP contribution >= 0.6 is 0 Å². The van der Waals surface area contributed by atoms with E-state index in [0.29, 0.717) is 12.3 Å². The van der Waals surface area contributed by atoms with Crippen LogP contribution in [0.25, 0.3) is 0 Å². The number of carbonyl (C=O) groups excluding carboxylic acids is 1. The smallest absolute Gasteiger partial charge is 0.339 e. The molecule has 1 rings (SSSR count). The minimum atomic E-state index is -1.10. The first-order valence-electron chi connectivity index (χ1n) is 5.49. The SMILES string of the molecule is CC(C)CCC(=O)Nc1ncccc1C(=O)O. The zero-order valence-corrected chi connectivity index (χ0v) is 9.93. The van der Waals surface area contributed by atoms with Gasteiger partial charge in [-0.1, -0.05) is 13.8 Å². The highest BCUT2D eigenvalue weighted by Crippen LogP contribution is 2.12. The molecule has 0 aromatic carbocycles. The van der Waals surface area contributed by atoms with Crippen LogP contribution in [0.2, 0.25) is 0 Å². The number of hydrogen-bond donors (Lipinski definition) is 2. The third-order valence-electron chi connectivity index (χ3n) is 2.24. The molecule has 1 heterocycles. The van der Waals surface area contributed by atoms with Crippen LogP contribution in [0.4, 0.5) is 5.82 Å². The molecule has 2 N–H and O–H groups in total. The van der Waals surface area contributed by atoms with E-state index in [1.54, 1.807) is 0 Å². The Bertz CT molecular complexity index is 416. The minimum absolute atomic E-state index is 0.00500. The summed E-state index contributed by atoms with van der Waals surface area (Å²) in [6, 6.07) is 2.93. The zero-order chi connectivity index (χ0) is 12.8. The predicted molar refractivity (Wildman–Crippen MR) is 63.9 cm³/mol. The molecule has 0 aliphatic heterocycles. The van der Waals surface area contributed by atoms with Crippen LogP contribution in [0.1, 0.15) is 37.0 Å². The number of rotatable bonds is 5. The quantitative estimate of drug-likeness (QED) is 0.821. The number of nitrogens with zero attached hydrogens (tertiary/aromatic N) is 1. The van der Waals surface area contributed by atoms with E-state index in [4.69, 9.17) is 5.11 Å². The number of carboxylic acid groups (broad SMARTS) is 1. The third-order valence-corrected chi connectivity index (χ3v) is 2.24. The summed E-state index contributed by atoms with van der Waals surface area (Å²) in [6.07, 6.45) is 2.58. The topological polar surface area (TPSA) is 79.3 Å². The Balaban J connectivity index is 2.68. The average molecular weight is 236 g/mol. The summed E-state index contributed by atoms with van der Waals surface area (Å²) in [5.41, 5.74) is 0.00500. The first-order chi connectivity index (χ1) is 8.00. The van der Waals surface area contributed by atoms with Crippen LogP contribution in [-0.2, 0) is 4.79 Å². The van der Waals surface area contributed by atoms with Crippen molar-refractivity contribution in [2.75, 3.05) is 5.32 Å². The molecule has 0 aliphatic rings. The molecule has 0 spiro atoms. The lowest BCUT2D eigenvalue weighted by Crippen LogP contribution is -2.16. The van der Waals surface area contributed by atoms with Crippen molar-refractivity contribution in [1.82, 2.24) is 4.98 Å². The molecule has 5 heteroatoms. The van der Waals surface area contributed by atoms with Gasteiger partial charge in [0.25, 0.3) is 0 Å². The van der Waals surface area contributed by atoms with Crippen LogP contribution in [0.15, 0.2) is 18.3 Å². The highest BCUT2D eigenvalue weighted by Gasteiger charge is 2.13. The van der Waals surface area contributed by atoms with Crippen LogP contribution < -0.4 is 5.32 Å². The van der Waals surface area contributed by atoms with Crippen LogP contribution in [0.5, 0.6) is 0 Å². The van der Waals surface area contributed by atoms with Gasteiger partial charge in [0.05, 0.1) is 0 Å². The Kier molecular flexibility index (Phi) is 4.63. The fourth-order valence-electron chi connectivity index (χ4n) is 1.29. The molecule has 1 aromatic heterocycles. The summed E-state index contributed by atoms with van der Waals surface area (Å²) in [6.45, 7) is 4.05. The van der Waals surface area contributed by atoms with Crippen LogP contribution in [-0.4, -0.2) is 22.0 Å². The monoisotopic (exact) mass is 236 g/mol. The van der Waals surface area contributed by atoms with E-state index in [1.165, 1.54) is 18.3 Å². The number of aromatic carboxylic acids is 1. The summed E-state index contributed by atoms with van der Waals surface area (Å²) in [5.74, 6) is -0.769. The largest absolute Gasteiger partial charge is 0.478 e. The van der Waals surface area contributed by atoms with Crippen molar-refractivity contribution < 1.29 is 14.7 Å². The van der Waals surface area contributed by atoms with Gasteiger partial charge >= 0.3 is 5.97 Å². The molecule has 0 atom stereocenters. The Morgan fingerprint density at radius 1 is 1.47 bits per heavy atom. The number of amides is 1. The van der Waals surface area contributed by atoms with Gasteiger partial charge in [-0.05, 0) is 24.5 Å². The summed E-state index contributed by atoms with van der Waals surface area (Å²) in [7, 11) is 0. The Morgan fingerprint density at radius 2 is 2.18 bits per heavy atom. The second-order valence-corrected chi connectivity index (χ2v) is 4.19. The second-order valence-electron chi connectivity index (χ2n) is 4.19. The van der Waals surface area contributed by atoms with E-state index in [9.17, 15) is 9.59 Å². The molecule has 0 fully saturated rings. The van der Waals surface area contributed by atoms with Crippen molar-refractivity contribution in [2.45, 2.75) is 26.7 Å². The maximum absolute atomic E-state index is 11.5. The predicted octanol–water partition coefficient (Wildman–Crippen LogP) is 2.15. The molecular formula is C12H16N2O3. The molecular weight excluding hydrogens is 220 g/mol. The fraction of sp³-hybridized carbons (Fsp3) is 0.417. The van der Waals surface area contributed by atoms with Crippen molar-refractivity contribution in [3.8, 4) is 0 Å². The summed E-state index contributed by atoms with van der Waals surface area (Å²) in [5, 5.41) is 11.4. The van der Waals surface area contributed by atoms with E-state index >= 15 is 0 Å². The zero-order valence-electron chi connectivity index (χ0n) is 9.93. The van der Waals surface area contributed by atoms with Gasteiger partial charge in [-0.2, -0.15) is 0 Å². The maximum atomic E-state index is 11.5. The lowest BCUT2D eigenvalue weighted by atomic mass is 10.1. The molecule has 0 saturated heterocycles. The van der Waals surface area contributed by atoms with E-state index < -0.39 is 5.97 Å². The minimum Gasteiger partial charge on any atom is -0.478 e. The van der Waals surface area contributed by atoms with Crippen LogP contribution in [0.3, 0.4) is 0 Å². The lowest BCUT2D eigenvalue weighted by Gasteiger charge is -2.08. The Morgan fingerprint density at radius 3 is 2.76 bits per heavy atom. The van der Waals surface area contributed by atoms with Gasteiger partial charge in [0.2, 0.25) is 5.91 Å². The van der Waals surface area contributed by atoms with E-state index in [2.05, 4.69) is 10.3 Å². The van der Waals surface area contributed by atoms with Crippen molar-refractivity contribution in [3.05, 3.63) is 23.9 Å². The van der Waals surface area contributed by atoms with Crippen molar-refractivity contribution in [1.29, 1.82) is 0 Å². The number of anilines is 1. The van der Waals surface area contributed by atoms with Crippen molar-refractivity contribution >= 4 is 17.7 Å². The second kappa shape index (κ2) is 5.98. The molecule has 92 valence electrons. The molecule has 1 amide bonds. The summed E-state index contributed by atoms with van der Waals surface area (Å²) in [4.78, 5) is 26.3. The number of nitrogens with one attached hydrogen (secondary N) is 1. The van der Waals surface area contributed by atoms with Gasteiger partial charge in [-0.25, -0.2) is 9.78 Å². The number of hydrogen-bond acceptors (Lipinski definition) is 3. The first-order valence-corrected chi connectivity index (χ1v) is 5.49. The number of carbonyl (C=O) groups is 2. The highest BCUT2D eigenvalue weighted by molar-refractivity contribution is 5.99. The molecule has 0 radical (unpaired) electrons. The van der Waals surface area contributed by atoms with Gasteiger partial charge in [-0.15, -0.1) is 0 Å². The molecule has 0 saturated carbocycles. The molecule has 1 aromatic rings. The van der Waals surface area contributed by atoms with E-state index in [1.807, 2.05) is 13.8 Å². The molecule has 0 bridgehead atoms. The molecule has 0 unspecified atom stereocenters. The Labute approximate surface area is 99.9 Å². The molecule has 0 aliphatic carbocycles. The van der Waals surface area contributed by atoms with E-state index in [0.717, 1.165) is 6.42 Å². The van der Waals surface area contributed by atoms with Crippen LogP contribution in [0, 0.1) is 5.92 Å². The molecule has 5 nitrogen and oxygen atoms in total. The highest BCUT2D eigenvalue weighted by atomic mass is 16.4. The van der Waals surface area contributed by atoms with Gasteiger partial charge in [0, 0.05) is 12.6 Å². The number of carboxylic acids is 1. The lowest BCUT2D eigenvalue weighted by molar-refractivity contribution is -0.116. The van der Waals surface area contributed by atoms with Crippen molar-refractivity contribution in [2.24, 2.45) is 5.92 Å². The summed E-state index contributed by atoms with van der Waals surface area (Å²) < 4.78 is 0. The van der Waals surface area contributed by atoms with Gasteiger partial charge in [-0.3, -0.25) is 4.79 Å². The molecule has 17 heavy (non-hydrogen) atoms.